The number of carbonyl (C=O) groups excluding carboxylic acids is 3. The van der Waals surface area contributed by atoms with Gasteiger partial charge in [0, 0.05) is 11.4 Å². The number of anilines is 2. The summed E-state index contributed by atoms with van der Waals surface area (Å²) >= 11 is 2.06. The molecule has 0 heterocycles. The number of nitrogens with zero attached hydrogens (tertiary/aromatic N) is 1. The van der Waals surface area contributed by atoms with E-state index in [1.165, 1.54) is 13.3 Å². The number of aryl methyl sites for hydroxylation is 3. The zero-order chi connectivity index (χ0) is 30.6. The molecule has 3 rings (SSSR count). The fraction of sp³-hybridized carbons (Fsp3) is 0.290. The van der Waals surface area contributed by atoms with Crippen LogP contribution in [0, 0.1) is 24.3 Å². The molecular weight excluding hydrogens is 651 g/mol. The number of hydrogen-bond donors (Lipinski definition) is 3. The molecule has 42 heavy (non-hydrogen) atoms. The lowest BCUT2D eigenvalue weighted by Crippen LogP contribution is -2.32. The average molecular weight is 687 g/mol. The molecule has 11 heteroatoms. The number of methoxy groups -OCH3 is 1. The highest BCUT2D eigenvalue weighted by Gasteiger charge is 2.16. The van der Waals surface area contributed by atoms with E-state index in [0.717, 1.165) is 35.2 Å². The number of unbranched alkanes of at least 4 members (excludes halogenated alkanes) is 1. The molecule has 0 aliphatic carbocycles. The van der Waals surface area contributed by atoms with E-state index in [1.807, 2.05) is 32.9 Å². The molecule has 3 aromatic carbocycles. The highest BCUT2D eigenvalue weighted by atomic mass is 127. The van der Waals surface area contributed by atoms with Crippen LogP contribution in [-0.2, 0) is 14.4 Å². The lowest BCUT2D eigenvalue weighted by molar-refractivity contribution is -0.136. The molecule has 0 saturated heterocycles. The van der Waals surface area contributed by atoms with Crippen LogP contribution in [0.25, 0.3) is 0 Å². The van der Waals surface area contributed by atoms with E-state index < -0.39 is 11.8 Å². The van der Waals surface area contributed by atoms with Gasteiger partial charge in [-0.05, 0) is 103 Å². The molecule has 0 saturated carbocycles. The number of benzene rings is 3. The third-order valence-corrected chi connectivity index (χ3v) is 6.81. The minimum atomic E-state index is -0.929. The number of ether oxygens (including phenoxy) is 3. The molecule has 0 aliphatic heterocycles. The normalized spacial score (nSPS) is 10.7. The van der Waals surface area contributed by atoms with Crippen molar-refractivity contribution in [1.82, 2.24) is 5.43 Å². The van der Waals surface area contributed by atoms with E-state index in [-0.39, 0.29) is 12.5 Å². The van der Waals surface area contributed by atoms with Crippen molar-refractivity contribution in [3.63, 3.8) is 0 Å². The maximum Gasteiger partial charge on any atom is 0.329 e. The lowest BCUT2D eigenvalue weighted by atomic mass is 10.1. The summed E-state index contributed by atoms with van der Waals surface area (Å²) in [7, 11) is 1.48. The van der Waals surface area contributed by atoms with Crippen LogP contribution in [0.2, 0.25) is 0 Å². The maximum absolute atomic E-state index is 12.6. The van der Waals surface area contributed by atoms with Crippen molar-refractivity contribution in [3.8, 4) is 17.2 Å². The van der Waals surface area contributed by atoms with Crippen LogP contribution in [0.3, 0.4) is 0 Å². The summed E-state index contributed by atoms with van der Waals surface area (Å²) in [5, 5.41) is 9.31. The van der Waals surface area contributed by atoms with Gasteiger partial charge in [0.15, 0.2) is 18.1 Å². The van der Waals surface area contributed by atoms with Gasteiger partial charge in [0.25, 0.3) is 5.91 Å². The Morgan fingerprint density at radius 1 is 0.929 bits per heavy atom. The molecule has 0 aliphatic rings. The van der Waals surface area contributed by atoms with Crippen molar-refractivity contribution in [2.75, 3.05) is 31.0 Å². The summed E-state index contributed by atoms with van der Waals surface area (Å²) in [4.78, 5) is 37.1. The summed E-state index contributed by atoms with van der Waals surface area (Å²) in [6, 6.07) is 14.2. The van der Waals surface area contributed by atoms with Crippen LogP contribution in [0.4, 0.5) is 11.4 Å². The fourth-order valence-electron chi connectivity index (χ4n) is 4.02. The Morgan fingerprint density at radius 3 is 2.26 bits per heavy atom. The number of hydrogen-bond acceptors (Lipinski definition) is 7. The van der Waals surface area contributed by atoms with Crippen LogP contribution >= 0.6 is 22.6 Å². The standard InChI is InChI=1S/C31H35IN4O6/c1-6-7-12-41-24-10-8-23(9-11-24)34-30(38)31(39)36-33-17-22-15-25(32)29(26(16-22)40-5)42-18-27(37)35-28-20(3)13-19(2)14-21(28)4/h8-11,13-17H,6-7,12,18H2,1-5H3,(H,34,38)(H,35,37)(H,36,39)/b33-17-. The lowest BCUT2D eigenvalue weighted by Gasteiger charge is -2.15. The largest absolute Gasteiger partial charge is 0.494 e. The van der Waals surface area contributed by atoms with Gasteiger partial charge in [-0.25, -0.2) is 5.43 Å². The molecular formula is C31H35IN4O6. The zero-order valence-corrected chi connectivity index (χ0v) is 26.5. The number of halogens is 1. The molecule has 3 N–H and O–H groups in total. The Morgan fingerprint density at radius 2 is 1.62 bits per heavy atom. The van der Waals surface area contributed by atoms with Gasteiger partial charge < -0.3 is 24.8 Å². The predicted octanol–water partition coefficient (Wildman–Crippen LogP) is 5.51. The molecule has 3 amide bonds. The third-order valence-electron chi connectivity index (χ3n) is 6.01. The van der Waals surface area contributed by atoms with Gasteiger partial charge in [0.1, 0.15) is 5.75 Å². The molecule has 0 aromatic heterocycles. The first-order chi connectivity index (χ1) is 20.1. The van der Waals surface area contributed by atoms with Gasteiger partial charge in [-0.3, -0.25) is 14.4 Å². The molecule has 222 valence electrons. The summed E-state index contributed by atoms with van der Waals surface area (Å²) in [5.74, 6) is -0.630. The number of carbonyl (C=O) groups is 3. The van der Waals surface area contributed by atoms with E-state index in [2.05, 4.69) is 50.7 Å². The summed E-state index contributed by atoms with van der Waals surface area (Å²) in [6.07, 6.45) is 3.36. The molecule has 0 spiro atoms. The second-order valence-corrected chi connectivity index (χ2v) is 10.7. The Kier molecular flexibility index (Phi) is 12.1. The first-order valence-electron chi connectivity index (χ1n) is 13.4. The number of amides is 3. The maximum atomic E-state index is 12.6. The quantitative estimate of drug-likeness (QED) is 0.0759. The van der Waals surface area contributed by atoms with E-state index >= 15 is 0 Å². The van der Waals surface area contributed by atoms with Crippen molar-refractivity contribution < 1.29 is 28.6 Å². The molecule has 0 fully saturated rings. The monoisotopic (exact) mass is 686 g/mol. The minimum absolute atomic E-state index is 0.216. The average Bonchev–Trinajstić information content (AvgIpc) is 2.95. The summed E-state index contributed by atoms with van der Waals surface area (Å²) in [6.45, 7) is 8.39. The topological polar surface area (TPSA) is 127 Å². The van der Waals surface area contributed by atoms with Gasteiger partial charge in [0.05, 0.1) is 23.5 Å². The van der Waals surface area contributed by atoms with Crippen LogP contribution in [-0.4, -0.2) is 44.3 Å². The van der Waals surface area contributed by atoms with E-state index in [0.29, 0.717) is 38.7 Å². The van der Waals surface area contributed by atoms with Crippen molar-refractivity contribution >= 4 is 57.9 Å². The van der Waals surface area contributed by atoms with Gasteiger partial charge in [-0.2, -0.15) is 5.10 Å². The first-order valence-corrected chi connectivity index (χ1v) is 14.4. The summed E-state index contributed by atoms with van der Waals surface area (Å²) < 4.78 is 17.5. The smallest absolute Gasteiger partial charge is 0.329 e. The summed E-state index contributed by atoms with van der Waals surface area (Å²) in [5.41, 5.74) is 7.09. The molecule has 0 bridgehead atoms. The van der Waals surface area contributed by atoms with E-state index in [1.54, 1.807) is 36.4 Å². The molecule has 3 aromatic rings. The molecule has 0 radical (unpaired) electrons. The number of hydrazone groups is 1. The van der Waals surface area contributed by atoms with Gasteiger partial charge in [0.2, 0.25) is 0 Å². The Labute approximate surface area is 259 Å². The number of rotatable bonds is 12. The van der Waals surface area contributed by atoms with Crippen molar-refractivity contribution in [2.45, 2.75) is 40.5 Å². The van der Waals surface area contributed by atoms with Gasteiger partial charge in [-0.1, -0.05) is 31.0 Å². The fourth-order valence-corrected chi connectivity index (χ4v) is 4.80. The zero-order valence-electron chi connectivity index (χ0n) is 24.3. The minimum Gasteiger partial charge on any atom is -0.494 e. The SMILES string of the molecule is CCCCOc1ccc(NC(=O)C(=O)N/N=C\c2cc(I)c(OCC(=O)Nc3c(C)cc(C)cc3C)c(OC)c2)cc1. The van der Waals surface area contributed by atoms with E-state index in [4.69, 9.17) is 14.2 Å². The van der Waals surface area contributed by atoms with E-state index in [9.17, 15) is 14.4 Å². The Balaban J connectivity index is 1.55. The predicted molar refractivity (Wildman–Crippen MR) is 172 cm³/mol. The second-order valence-electron chi connectivity index (χ2n) is 9.52. The third kappa shape index (κ3) is 9.47. The first kappa shape index (κ1) is 32.4. The van der Waals surface area contributed by atoms with Crippen LogP contribution in [0.1, 0.15) is 42.0 Å². The number of nitrogens with one attached hydrogen (secondary N) is 3. The van der Waals surface area contributed by atoms with Crippen LogP contribution in [0.15, 0.2) is 53.6 Å². The van der Waals surface area contributed by atoms with Crippen LogP contribution < -0.4 is 30.3 Å². The molecule has 0 unspecified atom stereocenters. The van der Waals surface area contributed by atoms with Crippen molar-refractivity contribution in [1.29, 1.82) is 0 Å². The van der Waals surface area contributed by atoms with Crippen molar-refractivity contribution in [2.24, 2.45) is 5.10 Å². The van der Waals surface area contributed by atoms with Gasteiger partial charge in [-0.15, -0.1) is 0 Å². The molecule has 0 atom stereocenters. The highest BCUT2D eigenvalue weighted by molar-refractivity contribution is 14.1. The Bertz CT molecular complexity index is 1430. The second kappa shape index (κ2) is 15.8. The van der Waals surface area contributed by atoms with Gasteiger partial charge >= 0.3 is 11.8 Å². The highest BCUT2D eigenvalue weighted by Crippen LogP contribution is 2.33. The molecule has 10 nitrogen and oxygen atoms in total. The Hall–Kier alpha value is -4.13. The van der Waals surface area contributed by atoms with Crippen molar-refractivity contribution in [3.05, 3.63) is 74.4 Å². The van der Waals surface area contributed by atoms with Crippen LogP contribution in [0.5, 0.6) is 17.2 Å².